The first-order valence-corrected chi connectivity index (χ1v) is 8.05. The molecular formula is C18H27ClN4. The van der Waals surface area contributed by atoms with E-state index in [1.807, 2.05) is 12.4 Å². The van der Waals surface area contributed by atoms with E-state index >= 15 is 0 Å². The minimum atomic E-state index is 0. The molecular weight excluding hydrogens is 308 g/mol. The molecule has 1 unspecified atom stereocenters. The molecule has 1 aromatic carbocycles. The van der Waals surface area contributed by atoms with Gasteiger partial charge in [0.15, 0.2) is 0 Å². The van der Waals surface area contributed by atoms with E-state index in [-0.39, 0.29) is 12.4 Å². The predicted octanol–water partition coefficient (Wildman–Crippen LogP) is 2.91. The van der Waals surface area contributed by atoms with E-state index in [0.29, 0.717) is 6.04 Å². The van der Waals surface area contributed by atoms with Crippen LogP contribution in [0.2, 0.25) is 0 Å². The number of hydrogen-bond donors (Lipinski definition) is 1. The molecule has 1 atom stereocenters. The number of nitrogens with one attached hydrogen (secondary N) is 1. The fourth-order valence-electron chi connectivity index (χ4n) is 3.30. The Kier molecular flexibility index (Phi) is 5.84. The summed E-state index contributed by atoms with van der Waals surface area (Å²) < 4.78 is 2.14. The zero-order valence-electron chi connectivity index (χ0n) is 14.5. The number of hydrogen-bond acceptors (Lipinski definition) is 3. The highest BCUT2D eigenvalue weighted by Gasteiger charge is 2.27. The number of imidazole rings is 1. The van der Waals surface area contributed by atoms with Gasteiger partial charge in [-0.2, -0.15) is 0 Å². The second-order valence-electron chi connectivity index (χ2n) is 6.45. The van der Waals surface area contributed by atoms with Crippen LogP contribution in [0.5, 0.6) is 0 Å². The highest BCUT2D eigenvalue weighted by atomic mass is 35.5. The topological polar surface area (TPSA) is 33.1 Å². The van der Waals surface area contributed by atoms with Gasteiger partial charge in [0.05, 0.1) is 6.04 Å². The van der Waals surface area contributed by atoms with Crippen molar-refractivity contribution in [3.8, 4) is 0 Å². The Balaban J connectivity index is 0.00000192. The summed E-state index contributed by atoms with van der Waals surface area (Å²) in [4.78, 5) is 7.12. The minimum absolute atomic E-state index is 0. The number of piperazine rings is 1. The molecule has 1 aliphatic heterocycles. The number of rotatable bonds is 3. The molecule has 23 heavy (non-hydrogen) atoms. The summed E-state index contributed by atoms with van der Waals surface area (Å²) in [6, 6.07) is 5.00. The highest BCUT2D eigenvalue weighted by molar-refractivity contribution is 5.85. The van der Waals surface area contributed by atoms with Crippen molar-refractivity contribution in [2.45, 2.75) is 33.4 Å². The molecule has 1 saturated heterocycles. The Labute approximate surface area is 145 Å². The van der Waals surface area contributed by atoms with E-state index in [4.69, 9.17) is 0 Å². The van der Waals surface area contributed by atoms with Crippen molar-refractivity contribution in [1.29, 1.82) is 0 Å². The van der Waals surface area contributed by atoms with Gasteiger partial charge < -0.3 is 9.88 Å². The predicted molar refractivity (Wildman–Crippen MR) is 97.1 cm³/mol. The van der Waals surface area contributed by atoms with Crippen LogP contribution in [0.1, 0.15) is 34.1 Å². The maximum atomic E-state index is 4.57. The van der Waals surface area contributed by atoms with Crippen molar-refractivity contribution in [3.05, 3.63) is 52.6 Å². The van der Waals surface area contributed by atoms with Gasteiger partial charge >= 0.3 is 0 Å². The maximum absolute atomic E-state index is 4.57. The van der Waals surface area contributed by atoms with Crippen molar-refractivity contribution >= 4 is 12.4 Å². The van der Waals surface area contributed by atoms with E-state index in [9.17, 15) is 0 Å². The Morgan fingerprint density at radius 3 is 2.61 bits per heavy atom. The van der Waals surface area contributed by atoms with Crippen molar-refractivity contribution in [2.24, 2.45) is 7.05 Å². The third-order valence-electron chi connectivity index (χ3n) is 4.84. The monoisotopic (exact) mass is 334 g/mol. The van der Waals surface area contributed by atoms with Gasteiger partial charge in [-0.05, 0) is 43.0 Å². The van der Waals surface area contributed by atoms with Crippen LogP contribution in [0.25, 0.3) is 0 Å². The van der Waals surface area contributed by atoms with Crippen LogP contribution in [-0.4, -0.2) is 34.1 Å². The first-order valence-electron chi connectivity index (χ1n) is 8.05. The van der Waals surface area contributed by atoms with Gasteiger partial charge in [0.25, 0.3) is 0 Å². The van der Waals surface area contributed by atoms with Gasteiger partial charge in [-0.1, -0.05) is 12.1 Å². The molecule has 0 amide bonds. The lowest BCUT2D eigenvalue weighted by molar-refractivity contribution is 0.144. The Morgan fingerprint density at radius 1 is 1.17 bits per heavy atom. The molecule has 0 spiro atoms. The number of halogens is 1. The molecule has 0 bridgehead atoms. The molecule has 0 saturated carbocycles. The average Bonchev–Trinajstić information content (AvgIpc) is 2.91. The van der Waals surface area contributed by atoms with Gasteiger partial charge in [-0.15, -0.1) is 12.4 Å². The van der Waals surface area contributed by atoms with Gasteiger partial charge in [-0.3, -0.25) is 4.90 Å². The summed E-state index contributed by atoms with van der Waals surface area (Å²) in [6.45, 7) is 10.7. The minimum Gasteiger partial charge on any atom is -0.337 e. The normalized spacial score (nSPS) is 18.7. The summed E-state index contributed by atoms with van der Waals surface area (Å²) in [6.07, 6.45) is 3.92. The first kappa shape index (κ1) is 18.0. The zero-order chi connectivity index (χ0) is 15.7. The molecule has 0 aliphatic carbocycles. The van der Waals surface area contributed by atoms with E-state index in [1.54, 1.807) is 0 Å². The third-order valence-corrected chi connectivity index (χ3v) is 4.84. The Bertz CT molecular complexity index is 665. The number of aromatic nitrogens is 2. The lowest BCUT2D eigenvalue weighted by Crippen LogP contribution is -2.46. The van der Waals surface area contributed by atoms with Crippen molar-refractivity contribution in [3.63, 3.8) is 0 Å². The summed E-state index contributed by atoms with van der Waals surface area (Å²) in [7, 11) is 2.08. The van der Waals surface area contributed by atoms with Gasteiger partial charge in [0.2, 0.25) is 0 Å². The summed E-state index contributed by atoms with van der Waals surface area (Å²) in [5, 5.41) is 3.51. The standard InChI is InChI=1S/C18H26N4.ClH/c1-13-9-15(3)16(10-14(13)2)12-22-8-5-19-11-17(22)18-20-6-7-21(18)4;/h6-7,9-10,17,19H,5,8,11-12H2,1-4H3;1H. The summed E-state index contributed by atoms with van der Waals surface area (Å²) in [5.74, 6) is 1.15. The summed E-state index contributed by atoms with van der Waals surface area (Å²) >= 11 is 0. The molecule has 3 rings (SSSR count). The summed E-state index contributed by atoms with van der Waals surface area (Å²) in [5.41, 5.74) is 5.58. The lowest BCUT2D eigenvalue weighted by atomic mass is 9.99. The quantitative estimate of drug-likeness (QED) is 0.937. The fourth-order valence-corrected chi connectivity index (χ4v) is 3.30. The van der Waals surface area contributed by atoms with Gasteiger partial charge in [0, 0.05) is 45.6 Å². The third kappa shape index (κ3) is 3.77. The fraction of sp³-hybridized carbons (Fsp3) is 0.500. The Morgan fingerprint density at radius 2 is 1.91 bits per heavy atom. The number of aryl methyl sites for hydroxylation is 4. The first-order chi connectivity index (χ1) is 10.6. The van der Waals surface area contributed by atoms with Crippen LogP contribution in [0, 0.1) is 20.8 Å². The smallest absolute Gasteiger partial charge is 0.127 e. The van der Waals surface area contributed by atoms with Crippen LogP contribution in [0.4, 0.5) is 0 Å². The molecule has 2 aromatic rings. The molecule has 4 nitrogen and oxygen atoms in total. The number of benzene rings is 1. The number of nitrogens with zero attached hydrogens (tertiary/aromatic N) is 3. The zero-order valence-corrected chi connectivity index (χ0v) is 15.3. The van der Waals surface area contributed by atoms with Crippen LogP contribution >= 0.6 is 12.4 Å². The Hall–Kier alpha value is -1.36. The molecule has 0 radical (unpaired) electrons. The van der Waals surface area contributed by atoms with Crippen molar-refractivity contribution in [2.75, 3.05) is 19.6 Å². The van der Waals surface area contributed by atoms with Crippen molar-refractivity contribution < 1.29 is 0 Å². The largest absolute Gasteiger partial charge is 0.337 e. The van der Waals surface area contributed by atoms with E-state index in [2.05, 4.69) is 59.7 Å². The van der Waals surface area contributed by atoms with E-state index < -0.39 is 0 Å². The van der Waals surface area contributed by atoms with Crippen LogP contribution < -0.4 is 5.32 Å². The molecule has 1 fully saturated rings. The molecule has 1 N–H and O–H groups in total. The van der Waals surface area contributed by atoms with Crippen LogP contribution in [-0.2, 0) is 13.6 Å². The SMILES string of the molecule is Cc1cc(C)c(CN2CCNCC2c2nccn2C)cc1C.Cl. The molecule has 1 aliphatic rings. The lowest BCUT2D eigenvalue weighted by Gasteiger charge is -2.36. The van der Waals surface area contributed by atoms with E-state index in [0.717, 1.165) is 32.0 Å². The highest BCUT2D eigenvalue weighted by Crippen LogP contribution is 2.25. The second kappa shape index (κ2) is 7.47. The second-order valence-corrected chi connectivity index (χ2v) is 6.45. The van der Waals surface area contributed by atoms with Crippen LogP contribution in [0.3, 0.4) is 0 Å². The maximum Gasteiger partial charge on any atom is 0.127 e. The van der Waals surface area contributed by atoms with Gasteiger partial charge in [-0.25, -0.2) is 4.98 Å². The van der Waals surface area contributed by atoms with Crippen LogP contribution in [0.15, 0.2) is 24.5 Å². The molecule has 5 heteroatoms. The average molecular weight is 335 g/mol. The molecule has 126 valence electrons. The van der Waals surface area contributed by atoms with Gasteiger partial charge in [0.1, 0.15) is 5.82 Å². The van der Waals surface area contributed by atoms with Crippen molar-refractivity contribution in [1.82, 2.24) is 19.8 Å². The van der Waals surface area contributed by atoms with E-state index in [1.165, 1.54) is 22.3 Å². The molecule has 2 heterocycles. The molecule has 1 aromatic heterocycles.